The Morgan fingerprint density at radius 1 is 1.27 bits per heavy atom. The largest absolute Gasteiger partial charge is 0.378 e. The monoisotopic (exact) mass is 404 g/mol. The summed E-state index contributed by atoms with van der Waals surface area (Å²) in [5, 5.41) is 13.0. The number of fused-ring (bicyclic) bond motifs is 1. The van der Waals surface area contributed by atoms with Gasteiger partial charge >= 0.3 is 0 Å². The predicted molar refractivity (Wildman–Crippen MR) is 117 cm³/mol. The van der Waals surface area contributed by atoms with Crippen LogP contribution in [-0.4, -0.2) is 43.3 Å². The summed E-state index contributed by atoms with van der Waals surface area (Å²) < 4.78 is 1.55. The number of hydrogen-bond acceptors (Lipinski definition) is 4. The van der Waals surface area contributed by atoms with Gasteiger partial charge in [-0.2, -0.15) is 0 Å². The van der Waals surface area contributed by atoms with Gasteiger partial charge in [0.2, 0.25) is 0 Å². The zero-order valence-electron chi connectivity index (χ0n) is 17.8. The van der Waals surface area contributed by atoms with Crippen molar-refractivity contribution in [2.24, 2.45) is 0 Å². The summed E-state index contributed by atoms with van der Waals surface area (Å²) in [7, 11) is 0. The van der Waals surface area contributed by atoms with E-state index in [1.807, 2.05) is 25.1 Å². The molecule has 4 rings (SSSR count). The maximum absolute atomic E-state index is 12.3. The molecule has 156 valence electrons. The number of aromatic nitrogens is 3. The number of aliphatic hydroxyl groups is 1. The van der Waals surface area contributed by atoms with Crippen molar-refractivity contribution >= 4 is 5.65 Å². The Hall–Kier alpha value is -2.88. The second-order valence-electron chi connectivity index (χ2n) is 8.57. The Kier molecular flexibility index (Phi) is 5.50. The molecule has 1 atom stereocenters. The van der Waals surface area contributed by atoms with Gasteiger partial charge < -0.3 is 5.11 Å². The van der Waals surface area contributed by atoms with Crippen molar-refractivity contribution in [3.63, 3.8) is 0 Å². The minimum absolute atomic E-state index is 0.0503. The molecule has 0 saturated carbocycles. The molecule has 2 N–H and O–H groups in total. The Morgan fingerprint density at radius 3 is 2.73 bits per heavy atom. The molecule has 0 radical (unpaired) electrons. The van der Waals surface area contributed by atoms with E-state index < -0.39 is 5.60 Å². The minimum atomic E-state index is -0.982. The molecule has 3 aromatic rings. The lowest BCUT2D eigenvalue weighted by Crippen LogP contribution is -2.20. The molecule has 1 fully saturated rings. The van der Waals surface area contributed by atoms with Crippen molar-refractivity contribution < 1.29 is 5.11 Å². The summed E-state index contributed by atoms with van der Waals surface area (Å²) in [6.45, 7) is 8.22. The number of rotatable bonds is 4. The number of aromatic amines is 1. The summed E-state index contributed by atoms with van der Waals surface area (Å²) in [4.78, 5) is 19.3. The van der Waals surface area contributed by atoms with Gasteiger partial charge in [0.05, 0.1) is 0 Å². The summed E-state index contributed by atoms with van der Waals surface area (Å²) in [6, 6.07) is 11.8. The third-order valence-electron chi connectivity index (χ3n) is 5.47. The standard InChI is InChI=1S/C24H28N4O2/c1-4-20-13-23(29)28-22(25-20)14-21(26-28)19-10-12-27(16-19)15-18-7-5-17(6-8-18)9-11-24(2,3)30/h5-8,13-14,19,26,30H,4,10,12,15-16H2,1-3H3/t19-/m0/s1. The van der Waals surface area contributed by atoms with E-state index in [2.05, 4.69) is 39.0 Å². The first kappa shape index (κ1) is 20.4. The van der Waals surface area contributed by atoms with Crippen LogP contribution >= 0.6 is 0 Å². The second-order valence-corrected chi connectivity index (χ2v) is 8.57. The molecule has 0 unspecified atom stereocenters. The van der Waals surface area contributed by atoms with Gasteiger partial charge in [0.1, 0.15) is 5.60 Å². The van der Waals surface area contributed by atoms with Crippen molar-refractivity contribution in [3.05, 3.63) is 69.3 Å². The van der Waals surface area contributed by atoms with Gasteiger partial charge in [0.25, 0.3) is 5.56 Å². The Labute approximate surface area is 176 Å². The topological polar surface area (TPSA) is 73.6 Å². The summed E-state index contributed by atoms with van der Waals surface area (Å²) in [6.07, 6.45) is 1.81. The van der Waals surface area contributed by atoms with Gasteiger partial charge in [-0.1, -0.05) is 30.9 Å². The first-order valence-corrected chi connectivity index (χ1v) is 10.5. The molecule has 0 aliphatic carbocycles. The number of benzene rings is 1. The SMILES string of the molecule is CCc1cc(=O)n2[nH]c([C@H]3CCN(Cc4ccc(C#CC(C)(C)O)cc4)C3)cc2n1. The lowest BCUT2D eigenvalue weighted by atomic mass is 10.1. The molecule has 1 aliphatic rings. The van der Waals surface area contributed by atoms with Gasteiger partial charge in [0, 0.05) is 48.1 Å². The average molecular weight is 405 g/mol. The van der Waals surface area contributed by atoms with Crippen LogP contribution in [0.4, 0.5) is 0 Å². The lowest BCUT2D eigenvalue weighted by Gasteiger charge is -2.15. The van der Waals surface area contributed by atoms with Gasteiger partial charge in [-0.25, -0.2) is 9.50 Å². The van der Waals surface area contributed by atoms with Crippen LogP contribution in [0.1, 0.15) is 55.6 Å². The van der Waals surface area contributed by atoms with Crippen molar-refractivity contribution in [1.82, 2.24) is 19.5 Å². The van der Waals surface area contributed by atoms with Crippen molar-refractivity contribution in [2.75, 3.05) is 13.1 Å². The summed E-state index contributed by atoms with van der Waals surface area (Å²) in [5.74, 6) is 6.22. The van der Waals surface area contributed by atoms with Crippen LogP contribution in [-0.2, 0) is 13.0 Å². The molecule has 3 heterocycles. The van der Waals surface area contributed by atoms with Crippen LogP contribution < -0.4 is 5.56 Å². The van der Waals surface area contributed by atoms with E-state index in [0.717, 1.165) is 49.4 Å². The molecule has 1 aromatic carbocycles. The Balaban J connectivity index is 1.42. The van der Waals surface area contributed by atoms with Gasteiger partial charge in [-0.15, -0.1) is 0 Å². The molecule has 0 spiro atoms. The molecular formula is C24H28N4O2. The van der Waals surface area contributed by atoms with Crippen LogP contribution in [0.3, 0.4) is 0 Å². The van der Waals surface area contributed by atoms with E-state index in [4.69, 9.17) is 0 Å². The van der Waals surface area contributed by atoms with Crippen LogP contribution in [0.5, 0.6) is 0 Å². The summed E-state index contributed by atoms with van der Waals surface area (Å²) >= 11 is 0. The first-order valence-electron chi connectivity index (χ1n) is 10.5. The highest BCUT2D eigenvalue weighted by atomic mass is 16.3. The molecule has 6 heteroatoms. The fourth-order valence-corrected chi connectivity index (χ4v) is 3.86. The number of nitrogens with one attached hydrogen (secondary N) is 1. The number of aryl methyl sites for hydroxylation is 1. The Morgan fingerprint density at radius 2 is 2.03 bits per heavy atom. The van der Waals surface area contributed by atoms with E-state index in [-0.39, 0.29) is 5.56 Å². The van der Waals surface area contributed by atoms with Gasteiger partial charge in [-0.05, 0) is 50.9 Å². The Bertz CT molecular complexity index is 1160. The van der Waals surface area contributed by atoms with Crippen molar-refractivity contribution in [2.45, 2.75) is 51.7 Å². The third-order valence-corrected chi connectivity index (χ3v) is 5.47. The van der Waals surface area contributed by atoms with Crippen LogP contribution in [0, 0.1) is 11.8 Å². The molecule has 1 saturated heterocycles. The van der Waals surface area contributed by atoms with E-state index in [0.29, 0.717) is 11.6 Å². The fraction of sp³-hybridized carbons (Fsp3) is 0.417. The van der Waals surface area contributed by atoms with Crippen LogP contribution in [0.15, 0.2) is 41.2 Å². The van der Waals surface area contributed by atoms with E-state index in [9.17, 15) is 9.90 Å². The van der Waals surface area contributed by atoms with Crippen molar-refractivity contribution in [3.8, 4) is 11.8 Å². The molecule has 6 nitrogen and oxygen atoms in total. The molecule has 30 heavy (non-hydrogen) atoms. The first-order chi connectivity index (χ1) is 14.3. The minimum Gasteiger partial charge on any atom is -0.378 e. The highest BCUT2D eigenvalue weighted by Gasteiger charge is 2.25. The highest BCUT2D eigenvalue weighted by Crippen LogP contribution is 2.27. The number of hydrogen-bond donors (Lipinski definition) is 2. The zero-order valence-corrected chi connectivity index (χ0v) is 17.8. The second kappa shape index (κ2) is 8.10. The number of likely N-dealkylation sites (tertiary alicyclic amines) is 1. The zero-order chi connectivity index (χ0) is 21.3. The van der Waals surface area contributed by atoms with Crippen LogP contribution in [0.2, 0.25) is 0 Å². The predicted octanol–water partition coefficient (Wildman–Crippen LogP) is 2.70. The maximum atomic E-state index is 12.3. The average Bonchev–Trinajstić information content (AvgIpc) is 3.34. The van der Waals surface area contributed by atoms with Crippen molar-refractivity contribution in [1.29, 1.82) is 0 Å². The fourth-order valence-electron chi connectivity index (χ4n) is 3.86. The van der Waals surface area contributed by atoms with Gasteiger partial charge in [-0.3, -0.25) is 14.8 Å². The number of H-pyrrole nitrogens is 1. The normalized spacial score (nSPS) is 17.3. The maximum Gasteiger partial charge on any atom is 0.272 e. The van der Waals surface area contributed by atoms with E-state index in [1.165, 1.54) is 5.56 Å². The molecular weight excluding hydrogens is 376 g/mol. The smallest absolute Gasteiger partial charge is 0.272 e. The molecule has 0 bridgehead atoms. The quantitative estimate of drug-likeness (QED) is 0.656. The van der Waals surface area contributed by atoms with Crippen LogP contribution in [0.25, 0.3) is 5.65 Å². The third kappa shape index (κ3) is 4.64. The van der Waals surface area contributed by atoms with E-state index in [1.54, 1.807) is 24.4 Å². The molecule has 2 aromatic heterocycles. The molecule has 0 amide bonds. The van der Waals surface area contributed by atoms with Gasteiger partial charge in [0.15, 0.2) is 5.65 Å². The number of nitrogens with zero attached hydrogens (tertiary/aromatic N) is 3. The summed E-state index contributed by atoms with van der Waals surface area (Å²) in [5.41, 5.74) is 3.72. The lowest BCUT2D eigenvalue weighted by molar-refractivity contribution is 0.143. The highest BCUT2D eigenvalue weighted by molar-refractivity contribution is 5.41. The van der Waals surface area contributed by atoms with E-state index >= 15 is 0 Å². The molecule has 1 aliphatic heterocycles.